The van der Waals surface area contributed by atoms with Crippen LogP contribution in [0.4, 0.5) is 0 Å². The van der Waals surface area contributed by atoms with Crippen molar-refractivity contribution in [2.75, 3.05) is 0 Å². The van der Waals surface area contributed by atoms with Crippen LogP contribution in [0.1, 0.15) is 0 Å². The van der Waals surface area contributed by atoms with Crippen molar-refractivity contribution in [2.24, 2.45) is 0 Å². The van der Waals surface area contributed by atoms with Gasteiger partial charge in [-0.1, -0.05) is 127 Å². The van der Waals surface area contributed by atoms with E-state index >= 15 is 0 Å². The number of para-hydroxylation sites is 3. The van der Waals surface area contributed by atoms with E-state index < -0.39 is 0 Å². The second kappa shape index (κ2) is 10.9. The molecule has 10 aromatic rings. The summed E-state index contributed by atoms with van der Waals surface area (Å²) in [5.41, 5.74) is 8.02. The topological polar surface area (TPSA) is 61.7 Å². The van der Waals surface area contributed by atoms with Gasteiger partial charge in [0.2, 0.25) is 5.95 Å². The fourth-order valence-electron chi connectivity index (χ4n) is 7.03. The van der Waals surface area contributed by atoms with Crippen molar-refractivity contribution in [3.8, 4) is 34.4 Å². The van der Waals surface area contributed by atoms with Crippen molar-refractivity contribution in [3.63, 3.8) is 0 Å². The largest absolute Gasteiger partial charge is 0.450 e. The zero-order valence-corrected chi connectivity index (χ0v) is 26.2. The molecular formula is C43H27N5O. The normalized spacial score (nSPS) is 11.7. The standard InChI is InChI=1S/C43H27N5O/c1-4-14-29(15-5-1)41-44-42(30-16-6-2-7-17-30)46-43(45-41)48-36-25-13-24-35-39(36)49-40-37(48)27-26-28-18-12-22-33(38(28)40)32-21-10-11-23-34(32)47(35)31-19-8-3-9-20-31/h1-27H. The molecule has 6 bridgehead atoms. The third-order valence-corrected chi connectivity index (χ3v) is 9.21. The van der Waals surface area contributed by atoms with Gasteiger partial charge in [-0.25, -0.2) is 4.98 Å². The van der Waals surface area contributed by atoms with E-state index in [4.69, 9.17) is 19.4 Å². The first-order chi connectivity index (χ1) is 24.3. The van der Waals surface area contributed by atoms with E-state index in [0.717, 1.165) is 71.6 Å². The van der Waals surface area contributed by atoms with Gasteiger partial charge >= 0.3 is 0 Å². The summed E-state index contributed by atoms with van der Waals surface area (Å²) in [4.78, 5) is 15.3. The van der Waals surface area contributed by atoms with Crippen molar-refractivity contribution in [1.29, 1.82) is 0 Å². The molecule has 0 aliphatic carbocycles. The van der Waals surface area contributed by atoms with Gasteiger partial charge in [0.1, 0.15) is 0 Å². The van der Waals surface area contributed by atoms with Crippen LogP contribution < -0.4 is 0 Å². The van der Waals surface area contributed by atoms with Gasteiger partial charge in [0.15, 0.2) is 22.8 Å². The maximum Gasteiger partial charge on any atom is 0.239 e. The van der Waals surface area contributed by atoms with E-state index in [-0.39, 0.29) is 0 Å². The Bertz CT molecular complexity index is 2810. The molecule has 0 fully saturated rings. The summed E-state index contributed by atoms with van der Waals surface area (Å²) in [6, 6.07) is 56.2. The van der Waals surface area contributed by atoms with Gasteiger partial charge in [0, 0.05) is 27.6 Å². The number of fused-ring (bicyclic) bond motifs is 2. The number of rotatable bonds is 4. The molecule has 230 valence electrons. The van der Waals surface area contributed by atoms with Gasteiger partial charge < -0.3 is 8.98 Å². The van der Waals surface area contributed by atoms with E-state index in [0.29, 0.717) is 17.6 Å². The first kappa shape index (κ1) is 27.3. The number of hydrogen-bond acceptors (Lipinski definition) is 4. The van der Waals surface area contributed by atoms with Gasteiger partial charge in [0.25, 0.3) is 0 Å². The minimum atomic E-state index is 0.510. The second-order valence-electron chi connectivity index (χ2n) is 12.1. The van der Waals surface area contributed by atoms with Crippen LogP contribution in [0.2, 0.25) is 0 Å². The molecule has 0 amide bonds. The van der Waals surface area contributed by atoms with Crippen molar-refractivity contribution in [1.82, 2.24) is 24.1 Å². The average molecular weight is 630 g/mol. The Kier molecular flexibility index (Phi) is 6.08. The maximum atomic E-state index is 7.14. The molecule has 6 heteroatoms. The summed E-state index contributed by atoms with van der Waals surface area (Å²) in [6.07, 6.45) is 0. The van der Waals surface area contributed by atoms with Crippen LogP contribution >= 0.6 is 0 Å². The molecule has 3 aromatic heterocycles. The maximum absolute atomic E-state index is 7.14. The van der Waals surface area contributed by atoms with Gasteiger partial charge in [-0.2, -0.15) is 9.97 Å². The molecule has 0 saturated heterocycles. The Balaban J connectivity index is 1.45. The number of nitrogens with zero attached hydrogens (tertiary/aromatic N) is 5. The lowest BCUT2D eigenvalue weighted by atomic mass is 10.0. The highest BCUT2D eigenvalue weighted by atomic mass is 16.3. The summed E-state index contributed by atoms with van der Waals surface area (Å²) < 4.78 is 11.6. The van der Waals surface area contributed by atoms with Gasteiger partial charge in [-0.3, -0.25) is 4.57 Å². The molecule has 0 aliphatic heterocycles. The Morgan fingerprint density at radius 1 is 0.388 bits per heavy atom. The van der Waals surface area contributed by atoms with Gasteiger partial charge in [-0.15, -0.1) is 0 Å². The molecule has 7 aromatic carbocycles. The van der Waals surface area contributed by atoms with Gasteiger partial charge in [-0.05, 0) is 47.2 Å². The van der Waals surface area contributed by atoms with Gasteiger partial charge in [0.05, 0.1) is 22.1 Å². The smallest absolute Gasteiger partial charge is 0.239 e. The van der Waals surface area contributed by atoms with Crippen LogP contribution in [0.3, 0.4) is 0 Å². The van der Waals surface area contributed by atoms with Crippen LogP contribution in [0.15, 0.2) is 168 Å². The van der Waals surface area contributed by atoms with Crippen LogP contribution in [-0.2, 0) is 0 Å². The minimum Gasteiger partial charge on any atom is -0.450 e. The van der Waals surface area contributed by atoms with Crippen molar-refractivity contribution >= 4 is 54.8 Å². The van der Waals surface area contributed by atoms with Crippen LogP contribution in [0, 0.1) is 0 Å². The first-order valence-electron chi connectivity index (χ1n) is 16.3. The third kappa shape index (κ3) is 4.31. The molecule has 0 N–H and O–H groups in total. The lowest BCUT2D eigenvalue weighted by molar-refractivity contribution is 0.658. The van der Waals surface area contributed by atoms with Crippen LogP contribution in [0.25, 0.3) is 89.2 Å². The Hall–Kier alpha value is -6.79. The lowest BCUT2D eigenvalue weighted by Crippen LogP contribution is -2.09. The van der Waals surface area contributed by atoms with E-state index in [2.05, 4.69) is 106 Å². The van der Waals surface area contributed by atoms with Crippen LogP contribution in [0.5, 0.6) is 0 Å². The molecule has 3 heterocycles. The molecule has 0 unspecified atom stereocenters. The molecule has 10 rings (SSSR count). The lowest BCUT2D eigenvalue weighted by Gasteiger charge is -2.17. The summed E-state index contributed by atoms with van der Waals surface area (Å²) in [6.45, 7) is 0. The molecule has 0 saturated carbocycles. The molecule has 49 heavy (non-hydrogen) atoms. The molecule has 0 aliphatic rings. The van der Waals surface area contributed by atoms with E-state index in [1.807, 2.05) is 66.7 Å². The highest BCUT2D eigenvalue weighted by Gasteiger charge is 2.21. The number of benzene rings is 7. The van der Waals surface area contributed by atoms with Crippen molar-refractivity contribution < 1.29 is 4.42 Å². The van der Waals surface area contributed by atoms with E-state index in [9.17, 15) is 0 Å². The molecule has 6 nitrogen and oxygen atoms in total. The fourth-order valence-corrected chi connectivity index (χ4v) is 7.03. The number of aromatic nitrogens is 5. The highest BCUT2D eigenvalue weighted by Crippen LogP contribution is 2.39. The predicted molar refractivity (Wildman–Crippen MR) is 198 cm³/mol. The first-order valence-corrected chi connectivity index (χ1v) is 16.3. The SMILES string of the molecule is c1ccc(-c2nc(-c3ccccc3)nc(-n3c4ccc5cccc6c7ccccc7n(-c7ccccc7)c7cccc3c7oc4c56)n2)cc1. The molecular weight excluding hydrogens is 603 g/mol. The Labute approximate surface area is 280 Å². The van der Waals surface area contributed by atoms with Crippen molar-refractivity contribution in [2.45, 2.75) is 0 Å². The number of hydrogen-bond donors (Lipinski definition) is 0. The predicted octanol–water partition coefficient (Wildman–Crippen LogP) is 10.7. The van der Waals surface area contributed by atoms with Crippen LogP contribution in [-0.4, -0.2) is 24.1 Å². The zero-order valence-electron chi connectivity index (χ0n) is 26.2. The average Bonchev–Trinajstić information content (AvgIpc) is 3.22. The second-order valence-corrected chi connectivity index (χ2v) is 12.1. The zero-order chi connectivity index (χ0) is 32.3. The Morgan fingerprint density at radius 2 is 0.939 bits per heavy atom. The Morgan fingerprint density at radius 3 is 1.65 bits per heavy atom. The molecule has 0 spiro atoms. The molecule has 0 radical (unpaired) electrons. The third-order valence-electron chi connectivity index (χ3n) is 9.21. The fraction of sp³-hybridized carbons (Fsp3) is 0. The summed E-state index contributed by atoms with van der Waals surface area (Å²) in [7, 11) is 0. The van der Waals surface area contributed by atoms with E-state index in [1.54, 1.807) is 0 Å². The monoisotopic (exact) mass is 629 g/mol. The highest BCUT2D eigenvalue weighted by molar-refractivity contribution is 6.20. The quantitative estimate of drug-likeness (QED) is 0.144. The summed E-state index contributed by atoms with van der Waals surface area (Å²) in [5, 5.41) is 4.33. The minimum absolute atomic E-state index is 0.510. The summed E-state index contributed by atoms with van der Waals surface area (Å²) >= 11 is 0. The summed E-state index contributed by atoms with van der Waals surface area (Å²) in [5.74, 6) is 1.70. The van der Waals surface area contributed by atoms with E-state index in [1.165, 1.54) is 0 Å². The van der Waals surface area contributed by atoms with Crippen molar-refractivity contribution in [3.05, 3.63) is 164 Å². The molecule has 0 atom stereocenters.